The summed E-state index contributed by atoms with van der Waals surface area (Å²) in [5.74, 6) is 3.57. The lowest BCUT2D eigenvalue weighted by Gasteiger charge is -2.38. The number of hydrogen-bond acceptors (Lipinski definition) is 5. The van der Waals surface area contributed by atoms with Gasteiger partial charge in [0.25, 0.3) is 0 Å². The largest absolute Gasteiger partial charge is 0.391 e. The minimum Gasteiger partial charge on any atom is -0.391 e. The number of aromatic nitrogens is 2. The third kappa shape index (κ3) is 3.36. The van der Waals surface area contributed by atoms with Crippen LogP contribution in [0.15, 0.2) is 6.07 Å². The molecule has 2 fully saturated rings. The van der Waals surface area contributed by atoms with Crippen molar-refractivity contribution in [1.29, 1.82) is 0 Å². The third-order valence-electron chi connectivity index (χ3n) is 5.53. The average molecular weight is 318 g/mol. The van der Waals surface area contributed by atoms with Gasteiger partial charge in [-0.25, -0.2) is 9.97 Å². The molecule has 5 nitrogen and oxygen atoms in total. The molecule has 0 aromatic carbocycles. The molecular weight excluding hydrogens is 288 g/mol. The van der Waals surface area contributed by atoms with Crippen LogP contribution in [-0.2, 0) is 0 Å². The Morgan fingerprint density at radius 2 is 1.83 bits per heavy atom. The van der Waals surface area contributed by atoms with Gasteiger partial charge in [0.05, 0.1) is 6.10 Å². The highest BCUT2D eigenvalue weighted by atomic mass is 16.3. The molecule has 1 saturated carbocycles. The van der Waals surface area contributed by atoms with Crippen LogP contribution in [0.2, 0.25) is 0 Å². The molecule has 128 valence electrons. The molecule has 0 bridgehead atoms. The fourth-order valence-corrected chi connectivity index (χ4v) is 4.18. The van der Waals surface area contributed by atoms with E-state index in [1.165, 1.54) is 0 Å². The molecule has 0 amide bonds. The maximum Gasteiger partial charge on any atom is 0.132 e. The Bertz CT molecular complexity index is 560. The van der Waals surface area contributed by atoms with Crippen LogP contribution >= 0.6 is 0 Å². The minimum atomic E-state index is -0.204. The molecule has 2 heterocycles. The number of hydrogen-bond donors (Lipinski definition) is 1. The van der Waals surface area contributed by atoms with Gasteiger partial charge in [-0.05, 0) is 51.6 Å². The van der Waals surface area contributed by atoms with E-state index in [9.17, 15) is 5.11 Å². The van der Waals surface area contributed by atoms with E-state index in [0.29, 0.717) is 17.8 Å². The number of aliphatic hydroxyl groups is 1. The lowest BCUT2D eigenvalue weighted by molar-refractivity contribution is 0.00942. The van der Waals surface area contributed by atoms with E-state index in [2.05, 4.69) is 53.8 Å². The van der Waals surface area contributed by atoms with Crippen LogP contribution in [0.4, 0.5) is 5.82 Å². The van der Waals surface area contributed by atoms with Gasteiger partial charge in [0, 0.05) is 30.9 Å². The zero-order chi connectivity index (χ0) is 16.7. The Morgan fingerprint density at radius 1 is 1.17 bits per heavy atom. The zero-order valence-electron chi connectivity index (χ0n) is 15.0. The lowest BCUT2D eigenvalue weighted by atomic mass is 9.77. The molecule has 1 aromatic heterocycles. The van der Waals surface area contributed by atoms with Crippen LogP contribution in [0.3, 0.4) is 0 Å². The molecule has 1 aliphatic heterocycles. The van der Waals surface area contributed by atoms with Crippen LogP contribution < -0.4 is 4.90 Å². The van der Waals surface area contributed by atoms with Gasteiger partial charge in [0.15, 0.2) is 0 Å². The number of aliphatic hydroxyl groups excluding tert-OH is 1. The summed E-state index contributed by atoms with van der Waals surface area (Å²) in [5.41, 5.74) is 1.12. The molecule has 1 aliphatic carbocycles. The SMILES string of the molecule is Cc1nc(C(C)C)cc(N2C[C@H]3C[C@@H](N(C)C)[C@H](O)C[C@H]3C2)n1. The Balaban J connectivity index is 1.78. The van der Waals surface area contributed by atoms with Crippen LogP contribution in [0, 0.1) is 18.8 Å². The Labute approximate surface area is 139 Å². The lowest BCUT2D eigenvalue weighted by Crippen LogP contribution is -2.46. The van der Waals surface area contributed by atoms with Gasteiger partial charge in [-0.15, -0.1) is 0 Å². The van der Waals surface area contributed by atoms with Gasteiger partial charge >= 0.3 is 0 Å². The van der Waals surface area contributed by atoms with Crippen molar-refractivity contribution in [2.24, 2.45) is 11.8 Å². The van der Waals surface area contributed by atoms with Crippen molar-refractivity contribution >= 4 is 5.82 Å². The van der Waals surface area contributed by atoms with E-state index in [0.717, 1.165) is 43.3 Å². The molecule has 0 unspecified atom stereocenters. The van der Waals surface area contributed by atoms with Crippen LogP contribution in [0.1, 0.15) is 44.1 Å². The molecule has 3 rings (SSSR count). The van der Waals surface area contributed by atoms with Gasteiger partial charge in [0.1, 0.15) is 11.6 Å². The van der Waals surface area contributed by atoms with Crippen molar-refractivity contribution in [1.82, 2.24) is 14.9 Å². The van der Waals surface area contributed by atoms with E-state index >= 15 is 0 Å². The first-order valence-electron chi connectivity index (χ1n) is 8.80. The molecule has 1 aromatic rings. The second-order valence-electron chi connectivity index (χ2n) is 7.85. The summed E-state index contributed by atoms with van der Waals surface area (Å²) in [6.07, 6.45) is 1.78. The highest BCUT2D eigenvalue weighted by Crippen LogP contribution is 2.39. The third-order valence-corrected chi connectivity index (χ3v) is 5.53. The van der Waals surface area contributed by atoms with Gasteiger partial charge in [-0.3, -0.25) is 0 Å². The van der Waals surface area contributed by atoms with Crippen molar-refractivity contribution < 1.29 is 5.11 Å². The van der Waals surface area contributed by atoms with Gasteiger partial charge in [0.2, 0.25) is 0 Å². The van der Waals surface area contributed by atoms with Gasteiger partial charge < -0.3 is 14.9 Å². The summed E-state index contributed by atoms with van der Waals surface area (Å²) in [6, 6.07) is 2.43. The second kappa shape index (κ2) is 6.36. The fraction of sp³-hybridized carbons (Fsp3) is 0.778. The summed E-state index contributed by atoms with van der Waals surface area (Å²) in [4.78, 5) is 13.8. The topological polar surface area (TPSA) is 52.5 Å². The van der Waals surface area contributed by atoms with Crippen molar-refractivity contribution in [3.8, 4) is 0 Å². The first kappa shape index (κ1) is 16.7. The number of anilines is 1. The molecule has 0 radical (unpaired) electrons. The summed E-state index contributed by atoms with van der Waals surface area (Å²) >= 11 is 0. The highest BCUT2D eigenvalue weighted by Gasteiger charge is 2.42. The number of nitrogens with zero attached hydrogens (tertiary/aromatic N) is 4. The highest BCUT2D eigenvalue weighted by molar-refractivity contribution is 5.42. The minimum absolute atomic E-state index is 0.204. The van der Waals surface area contributed by atoms with E-state index in [1.807, 2.05) is 6.92 Å². The summed E-state index contributed by atoms with van der Waals surface area (Å²) in [6.45, 7) is 8.39. The first-order chi connectivity index (χ1) is 10.8. The van der Waals surface area contributed by atoms with Gasteiger partial charge in [-0.1, -0.05) is 13.8 Å². The van der Waals surface area contributed by atoms with Crippen molar-refractivity contribution in [3.63, 3.8) is 0 Å². The summed E-state index contributed by atoms with van der Waals surface area (Å²) < 4.78 is 0. The smallest absolute Gasteiger partial charge is 0.132 e. The van der Waals surface area contributed by atoms with Crippen molar-refractivity contribution in [2.75, 3.05) is 32.1 Å². The molecule has 4 atom stereocenters. The Morgan fingerprint density at radius 3 is 2.43 bits per heavy atom. The molecule has 2 aliphatic rings. The quantitative estimate of drug-likeness (QED) is 0.924. The number of likely N-dealkylation sites (N-methyl/N-ethyl adjacent to an activating group) is 1. The van der Waals surface area contributed by atoms with Gasteiger partial charge in [-0.2, -0.15) is 0 Å². The monoisotopic (exact) mass is 318 g/mol. The average Bonchev–Trinajstić information content (AvgIpc) is 2.88. The van der Waals surface area contributed by atoms with E-state index in [-0.39, 0.29) is 12.1 Å². The van der Waals surface area contributed by atoms with Crippen LogP contribution in [0.25, 0.3) is 0 Å². The normalized spacial score (nSPS) is 31.0. The molecule has 1 saturated heterocycles. The van der Waals surface area contributed by atoms with E-state index in [1.54, 1.807) is 0 Å². The predicted molar refractivity (Wildman–Crippen MR) is 92.8 cm³/mol. The summed E-state index contributed by atoms with van der Waals surface area (Å²) in [5, 5.41) is 10.4. The number of rotatable bonds is 3. The van der Waals surface area contributed by atoms with Crippen LogP contribution in [-0.4, -0.2) is 59.3 Å². The van der Waals surface area contributed by atoms with Crippen LogP contribution in [0.5, 0.6) is 0 Å². The van der Waals surface area contributed by atoms with E-state index in [4.69, 9.17) is 0 Å². The number of aryl methyl sites for hydroxylation is 1. The fourth-order valence-electron chi connectivity index (χ4n) is 4.18. The van der Waals surface area contributed by atoms with Crippen molar-refractivity contribution in [3.05, 3.63) is 17.6 Å². The Kier molecular flexibility index (Phi) is 4.61. The Hall–Kier alpha value is -1.20. The second-order valence-corrected chi connectivity index (χ2v) is 7.85. The zero-order valence-corrected chi connectivity index (χ0v) is 15.0. The predicted octanol–water partition coefficient (Wildman–Crippen LogP) is 2.05. The molecule has 5 heteroatoms. The number of fused-ring (bicyclic) bond motifs is 1. The molecule has 23 heavy (non-hydrogen) atoms. The van der Waals surface area contributed by atoms with E-state index < -0.39 is 0 Å². The molecular formula is C18H30N4O. The molecule has 0 spiro atoms. The maximum atomic E-state index is 10.4. The van der Waals surface area contributed by atoms with Crippen molar-refractivity contribution in [2.45, 2.75) is 51.7 Å². The molecule has 1 N–H and O–H groups in total. The maximum absolute atomic E-state index is 10.4. The standard InChI is InChI=1S/C18H30N4O/c1-11(2)15-8-18(20-12(3)19-15)22-9-13-6-16(21(4)5)17(23)7-14(13)10-22/h8,11,13-14,16-17,23H,6-7,9-10H2,1-5H3/t13-,14+,16-,17-/m1/s1. The first-order valence-corrected chi connectivity index (χ1v) is 8.80. The summed E-state index contributed by atoms with van der Waals surface area (Å²) in [7, 11) is 4.15.